The van der Waals surface area contributed by atoms with Crippen LogP contribution in [0.25, 0.3) is 0 Å². The van der Waals surface area contributed by atoms with Gasteiger partial charge < -0.3 is 26.2 Å². The van der Waals surface area contributed by atoms with Gasteiger partial charge in [-0.25, -0.2) is 4.79 Å². The van der Waals surface area contributed by atoms with Crippen molar-refractivity contribution in [1.29, 1.82) is 0 Å². The SMILES string of the molecule is CCC(C)C(NC(=O)C(N)CC(=O)O)C(=O)N1CCCC1C(=O)O. The second kappa shape index (κ2) is 8.62. The van der Waals surface area contributed by atoms with Crippen molar-refractivity contribution in [2.45, 2.75) is 57.7 Å². The molecular weight excluding hydrogens is 318 g/mol. The van der Waals surface area contributed by atoms with E-state index in [9.17, 15) is 24.3 Å². The standard InChI is InChI=1S/C15H25N3O6/c1-3-8(2)12(17-13(21)9(16)7-11(19)20)14(22)18-6-4-5-10(18)15(23)24/h8-10,12H,3-7,16H2,1-2H3,(H,17,21)(H,19,20)(H,23,24). The highest BCUT2D eigenvalue weighted by molar-refractivity contribution is 5.93. The molecule has 1 saturated heterocycles. The largest absolute Gasteiger partial charge is 0.481 e. The number of likely N-dealkylation sites (tertiary alicyclic amines) is 1. The van der Waals surface area contributed by atoms with Crippen LogP contribution in [0.3, 0.4) is 0 Å². The molecule has 0 bridgehead atoms. The van der Waals surface area contributed by atoms with Gasteiger partial charge in [-0.05, 0) is 18.8 Å². The Morgan fingerprint density at radius 2 is 1.92 bits per heavy atom. The van der Waals surface area contributed by atoms with E-state index < -0.39 is 48.3 Å². The van der Waals surface area contributed by atoms with Gasteiger partial charge in [0, 0.05) is 6.54 Å². The van der Waals surface area contributed by atoms with Gasteiger partial charge >= 0.3 is 11.9 Å². The maximum atomic E-state index is 12.7. The lowest BCUT2D eigenvalue weighted by Gasteiger charge is -2.30. The first-order chi connectivity index (χ1) is 11.2. The smallest absolute Gasteiger partial charge is 0.326 e. The molecule has 5 N–H and O–H groups in total. The van der Waals surface area contributed by atoms with E-state index in [4.69, 9.17) is 10.8 Å². The highest BCUT2D eigenvalue weighted by Crippen LogP contribution is 2.21. The van der Waals surface area contributed by atoms with Gasteiger partial charge in [-0.1, -0.05) is 20.3 Å². The number of aliphatic carboxylic acids is 2. The molecule has 0 aromatic carbocycles. The normalized spacial score (nSPS) is 21.0. The number of hydrogen-bond donors (Lipinski definition) is 4. The van der Waals surface area contributed by atoms with Gasteiger partial charge in [-0.2, -0.15) is 0 Å². The molecule has 0 aliphatic carbocycles. The Bertz CT molecular complexity index is 509. The second-order valence-electron chi connectivity index (χ2n) is 6.10. The number of nitrogens with zero attached hydrogens (tertiary/aromatic N) is 1. The van der Waals surface area contributed by atoms with Gasteiger partial charge in [-0.15, -0.1) is 0 Å². The quantitative estimate of drug-likeness (QED) is 0.459. The summed E-state index contributed by atoms with van der Waals surface area (Å²) < 4.78 is 0. The van der Waals surface area contributed by atoms with Crippen molar-refractivity contribution in [1.82, 2.24) is 10.2 Å². The van der Waals surface area contributed by atoms with Crippen LogP contribution in [0, 0.1) is 5.92 Å². The monoisotopic (exact) mass is 343 g/mol. The zero-order chi connectivity index (χ0) is 18.4. The lowest BCUT2D eigenvalue weighted by atomic mass is 9.97. The molecule has 0 aromatic rings. The van der Waals surface area contributed by atoms with Gasteiger partial charge in [0.15, 0.2) is 0 Å². The van der Waals surface area contributed by atoms with Crippen LogP contribution in [0.4, 0.5) is 0 Å². The average Bonchev–Trinajstić information content (AvgIpc) is 3.00. The molecule has 0 spiro atoms. The van der Waals surface area contributed by atoms with E-state index >= 15 is 0 Å². The van der Waals surface area contributed by atoms with Gasteiger partial charge in [0.2, 0.25) is 11.8 Å². The van der Waals surface area contributed by atoms with Crippen LogP contribution < -0.4 is 11.1 Å². The summed E-state index contributed by atoms with van der Waals surface area (Å²) in [5.41, 5.74) is 5.53. The molecule has 24 heavy (non-hydrogen) atoms. The van der Waals surface area contributed by atoms with Crippen LogP contribution in [-0.2, 0) is 19.2 Å². The van der Waals surface area contributed by atoms with E-state index in [-0.39, 0.29) is 5.92 Å². The predicted molar refractivity (Wildman–Crippen MR) is 84.0 cm³/mol. The number of nitrogens with two attached hydrogens (primary N) is 1. The van der Waals surface area contributed by atoms with Gasteiger partial charge in [0.1, 0.15) is 12.1 Å². The number of carbonyl (C=O) groups is 4. The second-order valence-corrected chi connectivity index (χ2v) is 6.10. The fourth-order valence-electron chi connectivity index (χ4n) is 2.69. The third-order valence-corrected chi connectivity index (χ3v) is 4.33. The van der Waals surface area contributed by atoms with Crippen molar-refractivity contribution in [2.24, 2.45) is 11.7 Å². The Morgan fingerprint density at radius 3 is 2.42 bits per heavy atom. The van der Waals surface area contributed by atoms with Crippen LogP contribution in [0.2, 0.25) is 0 Å². The van der Waals surface area contributed by atoms with E-state index in [0.29, 0.717) is 25.8 Å². The van der Waals surface area contributed by atoms with Crippen molar-refractivity contribution >= 4 is 23.8 Å². The molecule has 2 amide bonds. The molecule has 0 aromatic heterocycles. The minimum Gasteiger partial charge on any atom is -0.481 e. The Hall–Kier alpha value is -2.16. The molecule has 1 aliphatic heterocycles. The maximum Gasteiger partial charge on any atom is 0.326 e. The Kier molecular flexibility index (Phi) is 7.15. The van der Waals surface area contributed by atoms with Crippen LogP contribution in [0.1, 0.15) is 39.5 Å². The maximum absolute atomic E-state index is 12.7. The number of rotatable bonds is 8. The van der Waals surface area contributed by atoms with E-state index in [0.717, 1.165) is 0 Å². The molecule has 4 atom stereocenters. The summed E-state index contributed by atoms with van der Waals surface area (Å²) in [6, 6.07) is -3.09. The number of carboxylic acid groups (broad SMARTS) is 2. The zero-order valence-corrected chi connectivity index (χ0v) is 13.9. The van der Waals surface area contributed by atoms with Crippen LogP contribution in [-0.4, -0.2) is 63.5 Å². The summed E-state index contributed by atoms with van der Waals surface area (Å²) in [7, 11) is 0. The Balaban J connectivity index is 2.88. The number of carboxylic acids is 2. The summed E-state index contributed by atoms with van der Waals surface area (Å²) in [6.45, 7) is 3.92. The predicted octanol–water partition coefficient (Wildman–Crippen LogP) is -0.605. The highest BCUT2D eigenvalue weighted by Gasteiger charge is 2.39. The molecule has 1 rings (SSSR count). The van der Waals surface area contributed by atoms with Gasteiger partial charge in [0.25, 0.3) is 0 Å². The van der Waals surface area contributed by atoms with Crippen LogP contribution >= 0.6 is 0 Å². The van der Waals surface area contributed by atoms with E-state index in [1.54, 1.807) is 6.92 Å². The number of hydrogen-bond acceptors (Lipinski definition) is 5. The summed E-state index contributed by atoms with van der Waals surface area (Å²) in [5, 5.41) is 20.4. The highest BCUT2D eigenvalue weighted by atomic mass is 16.4. The van der Waals surface area contributed by atoms with Gasteiger partial charge in [0.05, 0.1) is 12.5 Å². The molecule has 1 heterocycles. The number of nitrogens with one attached hydrogen (secondary N) is 1. The lowest BCUT2D eigenvalue weighted by molar-refractivity contribution is -0.150. The van der Waals surface area contributed by atoms with E-state index in [2.05, 4.69) is 5.32 Å². The number of carbonyl (C=O) groups excluding carboxylic acids is 2. The van der Waals surface area contributed by atoms with Crippen molar-refractivity contribution in [3.8, 4) is 0 Å². The molecule has 9 heteroatoms. The Morgan fingerprint density at radius 1 is 1.29 bits per heavy atom. The average molecular weight is 343 g/mol. The first kappa shape index (κ1) is 19.9. The summed E-state index contributed by atoms with van der Waals surface area (Å²) >= 11 is 0. The molecular formula is C15H25N3O6. The van der Waals surface area contributed by atoms with Crippen LogP contribution in [0.5, 0.6) is 0 Å². The molecule has 9 nitrogen and oxygen atoms in total. The van der Waals surface area contributed by atoms with Crippen LogP contribution in [0.15, 0.2) is 0 Å². The first-order valence-corrected chi connectivity index (χ1v) is 8.00. The molecule has 1 fully saturated rings. The lowest BCUT2D eigenvalue weighted by Crippen LogP contribution is -2.56. The third-order valence-electron chi connectivity index (χ3n) is 4.33. The fourth-order valence-corrected chi connectivity index (χ4v) is 2.69. The van der Waals surface area contributed by atoms with E-state index in [1.807, 2.05) is 6.92 Å². The van der Waals surface area contributed by atoms with Gasteiger partial charge in [-0.3, -0.25) is 14.4 Å². The van der Waals surface area contributed by atoms with Crippen molar-refractivity contribution < 1.29 is 29.4 Å². The topological polar surface area (TPSA) is 150 Å². The Labute approximate surface area is 140 Å². The summed E-state index contributed by atoms with van der Waals surface area (Å²) in [4.78, 5) is 48.0. The summed E-state index contributed by atoms with van der Waals surface area (Å²) in [6.07, 6.45) is 0.994. The van der Waals surface area contributed by atoms with Crippen molar-refractivity contribution in [2.75, 3.05) is 6.54 Å². The van der Waals surface area contributed by atoms with E-state index in [1.165, 1.54) is 4.90 Å². The molecule has 0 radical (unpaired) electrons. The summed E-state index contributed by atoms with van der Waals surface area (Å²) in [5.74, 6) is -3.73. The fraction of sp³-hybridized carbons (Fsp3) is 0.733. The minimum absolute atomic E-state index is 0.242. The molecule has 0 saturated carbocycles. The van der Waals surface area contributed by atoms with Crippen molar-refractivity contribution in [3.05, 3.63) is 0 Å². The van der Waals surface area contributed by atoms with Crippen molar-refractivity contribution in [3.63, 3.8) is 0 Å². The number of amides is 2. The zero-order valence-electron chi connectivity index (χ0n) is 13.9. The molecule has 4 unspecified atom stereocenters. The first-order valence-electron chi connectivity index (χ1n) is 8.00. The molecule has 1 aliphatic rings. The minimum atomic E-state index is -1.27. The molecule has 136 valence electrons. The third kappa shape index (κ3) is 4.92.